The molecule has 27 heavy (non-hydrogen) atoms. The smallest absolute Gasteiger partial charge is 0.399 e. The first-order chi connectivity index (χ1) is 12.9. The molecule has 5 nitrogen and oxygen atoms in total. The summed E-state index contributed by atoms with van der Waals surface area (Å²) in [6, 6.07) is 13.6. The number of ether oxygens (including phenoxy) is 1. The van der Waals surface area contributed by atoms with Gasteiger partial charge in [0.15, 0.2) is 0 Å². The van der Waals surface area contributed by atoms with Crippen LogP contribution in [0.5, 0.6) is 0 Å². The van der Waals surface area contributed by atoms with Crippen molar-refractivity contribution < 1.29 is 27.5 Å². The Morgan fingerprint density at radius 2 is 1.70 bits per heavy atom. The summed E-state index contributed by atoms with van der Waals surface area (Å²) >= 11 is 0. The van der Waals surface area contributed by atoms with Crippen molar-refractivity contribution in [2.24, 2.45) is 5.16 Å². The SMILES string of the molecule is CO/N=C/c1ccc(C(=O)NCc2ccc(COCC(F)(F)F)cc2)cc1. The highest BCUT2D eigenvalue weighted by Crippen LogP contribution is 2.16. The topological polar surface area (TPSA) is 59.9 Å². The third kappa shape index (κ3) is 7.49. The molecular weight excluding hydrogens is 361 g/mol. The number of nitrogens with one attached hydrogen (secondary N) is 1. The highest BCUT2D eigenvalue weighted by atomic mass is 19.4. The van der Waals surface area contributed by atoms with E-state index in [1.54, 1.807) is 48.5 Å². The fraction of sp³-hybridized carbons (Fsp3) is 0.263. The number of nitrogens with zero attached hydrogens (tertiary/aromatic N) is 1. The van der Waals surface area contributed by atoms with Crippen molar-refractivity contribution in [3.63, 3.8) is 0 Å². The van der Waals surface area contributed by atoms with Crippen LogP contribution in [0, 0.1) is 0 Å². The van der Waals surface area contributed by atoms with Crippen LogP contribution in [0.4, 0.5) is 13.2 Å². The van der Waals surface area contributed by atoms with E-state index in [9.17, 15) is 18.0 Å². The molecular formula is C19H19F3N2O3. The number of carbonyl (C=O) groups is 1. The Morgan fingerprint density at radius 3 is 2.30 bits per heavy atom. The largest absolute Gasteiger partial charge is 0.411 e. The lowest BCUT2D eigenvalue weighted by Crippen LogP contribution is -2.22. The first-order valence-corrected chi connectivity index (χ1v) is 8.04. The van der Waals surface area contributed by atoms with Gasteiger partial charge in [-0.15, -0.1) is 0 Å². The molecule has 2 aromatic rings. The summed E-state index contributed by atoms with van der Waals surface area (Å²) in [7, 11) is 1.44. The molecule has 0 bridgehead atoms. The van der Waals surface area contributed by atoms with Crippen molar-refractivity contribution in [2.75, 3.05) is 13.7 Å². The van der Waals surface area contributed by atoms with E-state index in [2.05, 4.69) is 20.0 Å². The van der Waals surface area contributed by atoms with Crippen LogP contribution in [0.2, 0.25) is 0 Å². The van der Waals surface area contributed by atoms with E-state index in [4.69, 9.17) is 0 Å². The molecule has 0 heterocycles. The third-order valence-corrected chi connectivity index (χ3v) is 3.49. The lowest BCUT2D eigenvalue weighted by molar-refractivity contribution is -0.176. The van der Waals surface area contributed by atoms with Gasteiger partial charge in [-0.05, 0) is 28.8 Å². The van der Waals surface area contributed by atoms with Crippen LogP contribution >= 0.6 is 0 Å². The maximum atomic E-state index is 12.1. The summed E-state index contributed by atoms with van der Waals surface area (Å²) in [4.78, 5) is 16.7. The lowest BCUT2D eigenvalue weighted by Gasteiger charge is -2.09. The quantitative estimate of drug-likeness (QED) is 0.561. The second kappa shape index (κ2) is 9.72. The molecule has 2 rings (SSSR count). The Morgan fingerprint density at radius 1 is 1.07 bits per heavy atom. The maximum absolute atomic E-state index is 12.1. The zero-order chi connectivity index (χ0) is 19.7. The monoisotopic (exact) mass is 380 g/mol. The van der Waals surface area contributed by atoms with Crippen molar-refractivity contribution >= 4 is 12.1 Å². The van der Waals surface area contributed by atoms with Crippen LogP contribution < -0.4 is 5.32 Å². The van der Waals surface area contributed by atoms with Crippen LogP contribution in [-0.4, -0.2) is 32.0 Å². The molecule has 0 aliphatic carbocycles. The van der Waals surface area contributed by atoms with E-state index in [0.29, 0.717) is 17.7 Å². The summed E-state index contributed by atoms with van der Waals surface area (Å²) in [5, 5.41) is 6.42. The van der Waals surface area contributed by atoms with Gasteiger partial charge < -0.3 is 14.9 Å². The standard InChI is InChI=1S/C19H19F3N2O3/c1-26-24-11-15-6-8-17(9-7-15)18(25)23-10-14-2-4-16(5-3-14)12-27-13-19(20,21)22/h2-9,11H,10,12-13H2,1H3,(H,23,25)/b24-11+. The molecule has 1 N–H and O–H groups in total. The van der Waals surface area contributed by atoms with Gasteiger partial charge >= 0.3 is 6.18 Å². The molecule has 0 aromatic heterocycles. The first-order valence-electron chi connectivity index (χ1n) is 8.04. The lowest BCUT2D eigenvalue weighted by atomic mass is 10.1. The number of hydrogen-bond acceptors (Lipinski definition) is 4. The van der Waals surface area contributed by atoms with E-state index in [0.717, 1.165) is 11.1 Å². The predicted octanol–water partition coefficient (Wildman–Crippen LogP) is 3.68. The highest BCUT2D eigenvalue weighted by Gasteiger charge is 2.27. The Kier molecular flexibility index (Phi) is 7.36. The number of alkyl halides is 3. The number of amides is 1. The minimum absolute atomic E-state index is 0.120. The van der Waals surface area contributed by atoms with Gasteiger partial charge in [0.2, 0.25) is 0 Å². The maximum Gasteiger partial charge on any atom is 0.411 e. The first kappa shape index (κ1) is 20.4. The van der Waals surface area contributed by atoms with Crippen molar-refractivity contribution in [1.82, 2.24) is 5.32 Å². The van der Waals surface area contributed by atoms with Crippen LogP contribution in [-0.2, 0) is 22.7 Å². The van der Waals surface area contributed by atoms with Gasteiger partial charge in [0.1, 0.15) is 13.7 Å². The fourth-order valence-electron chi connectivity index (χ4n) is 2.16. The Labute approximate surface area is 154 Å². The molecule has 0 aliphatic rings. The zero-order valence-electron chi connectivity index (χ0n) is 14.6. The molecule has 1 amide bonds. The van der Waals surface area contributed by atoms with Gasteiger partial charge in [-0.3, -0.25) is 4.79 Å². The molecule has 0 saturated carbocycles. The van der Waals surface area contributed by atoms with Crippen molar-refractivity contribution in [2.45, 2.75) is 19.3 Å². The second-order valence-corrected chi connectivity index (χ2v) is 5.65. The normalized spacial score (nSPS) is 11.6. The molecule has 144 valence electrons. The highest BCUT2D eigenvalue weighted by molar-refractivity contribution is 5.94. The van der Waals surface area contributed by atoms with Gasteiger partial charge in [-0.2, -0.15) is 13.2 Å². The third-order valence-electron chi connectivity index (χ3n) is 3.49. The van der Waals surface area contributed by atoms with Crippen LogP contribution in [0.3, 0.4) is 0 Å². The molecule has 0 aliphatic heterocycles. The average molecular weight is 380 g/mol. The van der Waals surface area contributed by atoms with E-state index >= 15 is 0 Å². The molecule has 0 unspecified atom stereocenters. The van der Waals surface area contributed by atoms with Gasteiger partial charge in [0, 0.05) is 12.1 Å². The Balaban J connectivity index is 1.81. The van der Waals surface area contributed by atoms with Crippen molar-refractivity contribution in [1.29, 1.82) is 0 Å². The van der Waals surface area contributed by atoms with Crippen LogP contribution in [0.25, 0.3) is 0 Å². The number of oxime groups is 1. The molecule has 0 saturated heterocycles. The van der Waals surface area contributed by atoms with Crippen molar-refractivity contribution in [3.05, 3.63) is 70.8 Å². The molecule has 2 aromatic carbocycles. The molecule has 0 radical (unpaired) electrons. The van der Waals surface area contributed by atoms with E-state index < -0.39 is 12.8 Å². The van der Waals surface area contributed by atoms with Crippen molar-refractivity contribution in [3.8, 4) is 0 Å². The van der Waals surface area contributed by atoms with Crippen LogP contribution in [0.15, 0.2) is 53.7 Å². The van der Waals surface area contributed by atoms with Gasteiger partial charge in [-0.1, -0.05) is 41.6 Å². The van der Waals surface area contributed by atoms with E-state index in [1.165, 1.54) is 13.3 Å². The molecule has 0 spiro atoms. The molecule has 0 fully saturated rings. The summed E-state index contributed by atoms with van der Waals surface area (Å²) in [5.74, 6) is -0.234. The molecule has 0 atom stereocenters. The summed E-state index contributed by atoms with van der Waals surface area (Å²) in [6.07, 6.45) is -2.80. The van der Waals surface area contributed by atoms with Gasteiger partial charge in [0.25, 0.3) is 5.91 Å². The predicted molar refractivity (Wildman–Crippen MR) is 94.4 cm³/mol. The zero-order valence-corrected chi connectivity index (χ0v) is 14.6. The van der Waals surface area contributed by atoms with E-state index in [-0.39, 0.29) is 12.5 Å². The minimum Gasteiger partial charge on any atom is -0.399 e. The minimum atomic E-state index is -4.33. The summed E-state index contributed by atoms with van der Waals surface area (Å²) < 4.78 is 40.7. The number of halogens is 3. The second-order valence-electron chi connectivity index (χ2n) is 5.65. The fourth-order valence-corrected chi connectivity index (χ4v) is 2.16. The van der Waals surface area contributed by atoms with E-state index in [1.807, 2.05) is 0 Å². The Bertz CT molecular complexity index is 757. The Hall–Kier alpha value is -2.87. The number of benzene rings is 2. The molecule has 8 heteroatoms. The summed E-state index contributed by atoms with van der Waals surface area (Å²) in [6.45, 7) is -1.10. The van der Waals surface area contributed by atoms with Gasteiger partial charge in [-0.25, -0.2) is 0 Å². The summed E-state index contributed by atoms with van der Waals surface area (Å²) in [5.41, 5.74) is 2.76. The number of hydrogen-bond donors (Lipinski definition) is 1. The van der Waals surface area contributed by atoms with Gasteiger partial charge in [0.05, 0.1) is 12.8 Å². The van der Waals surface area contributed by atoms with Crippen LogP contribution in [0.1, 0.15) is 27.0 Å². The number of rotatable bonds is 8. The number of carbonyl (C=O) groups excluding carboxylic acids is 1. The average Bonchev–Trinajstić information content (AvgIpc) is 2.65.